The van der Waals surface area contributed by atoms with Crippen LogP contribution in [0.15, 0.2) is 24.3 Å². The Morgan fingerprint density at radius 3 is 2.69 bits per heavy atom. The molecule has 1 saturated heterocycles. The molecule has 1 aliphatic heterocycles. The van der Waals surface area contributed by atoms with Crippen LogP contribution in [0, 0.1) is 6.92 Å². The van der Waals surface area contributed by atoms with Crippen molar-refractivity contribution in [1.82, 2.24) is 4.98 Å². The van der Waals surface area contributed by atoms with E-state index in [2.05, 4.69) is 10.3 Å². The standard InChI is InChI=1S/C20H21ClF3N3OS/c1-3-5-13-8-14(20(22,23)24)10-15(9-13)26-19(28)16-11-17(25-12(2)18(16)21)27-6-4-7-29-27/h8-11H,3-7H2,1-2H3,(H,26,28). The van der Waals surface area contributed by atoms with E-state index in [1.807, 2.05) is 11.2 Å². The number of hydrogen-bond acceptors (Lipinski definition) is 4. The van der Waals surface area contributed by atoms with E-state index in [-0.39, 0.29) is 16.3 Å². The van der Waals surface area contributed by atoms with Crippen molar-refractivity contribution in [2.24, 2.45) is 0 Å². The Bertz CT molecular complexity index is 915. The van der Waals surface area contributed by atoms with Crippen molar-refractivity contribution in [2.75, 3.05) is 21.9 Å². The molecule has 0 radical (unpaired) electrons. The minimum absolute atomic E-state index is 0.0934. The average molecular weight is 444 g/mol. The van der Waals surface area contributed by atoms with E-state index in [4.69, 9.17) is 11.6 Å². The van der Waals surface area contributed by atoms with Crippen LogP contribution in [0.2, 0.25) is 5.02 Å². The van der Waals surface area contributed by atoms with Gasteiger partial charge in [0.2, 0.25) is 0 Å². The predicted octanol–water partition coefficient (Wildman–Crippen LogP) is 6.13. The topological polar surface area (TPSA) is 45.2 Å². The number of carbonyl (C=O) groups excluding carboxylic acids is 1. The molecule has 3 rings (SSSR count). The van der Waals surface area contributed by atoms with Crippen molar-refractivity contribution < 1.29 is 18.0 Å². The molecule has 0 spiro atoms. The van der Waals surface area contributed by atoms with E-state index >= 15 is 0 Å². The average Bonchev–Trinajstić information content (AvgIpc) is 3.18. The third-order valence-corrected chi connectivity index (χ3v) is 6.11. The highest BCUT2D eigenvalue weighted by atomic mass is 35.5. The first-order chi connectivity index (χ1) is 13.7. The number of carbonyl (C=O) groups is 1. The van der Waals surface area contributed by atoms with Crippen LogP contribution < -0.4 is 9.62 Å². The van der Waals surface area contributed by atoms with Crippen LogP contribution in [-0.4, -0.2) is 23.2 Å². The SMILES string of the molecule is CCCc1cc(NC(=O)c2cc(N3CCCS3)nc(C)c2Cl)cc(C(F)(F)F)c1. The second-order valence-electron chi connectivity index (χ2n) is 6.84. The molecule has 1 N–H and O–H groups in total. The Hall–Kier alpha value is -1.93. The van der Waals surface area contributed by atoms with Crippen LogP contribution in [0.3, 0.4) is 0 Å². The van der Waals surface area contributed by atoms with Gasteiger partial charge in [-0.25, -0.2) is 4.98 Å². The number of aromatic nitrogens is 1. The molecule has 156 valence electrons. The van der Waals surface area contributed by atoms with Gasteiger partial charge in [0.15, 0.2) is 0 Å². The molecule has 1 aromatic carbocycles. The maximum atomic E-state index is 13.2. The molecule has 0 unspecified atom stereocenters. The number of aryl methyl sites for hydroxylation is 2. The lowest BCUT2D eigenvalue weighted by Crippen LogP contribution is -2.17. The first kappa shape index (κ1) is 21.8. The maximum Gasteiger partial charge on any atom is 0.416 e. The Kier molecular flexibility index (Phi) is 6.63. The van der Waals surface area contributed by atoms with Gasteiger partial charge in [-0.2, -0.15) is 13.2 Å². The molecule has 1 aliphatic rings. The van der Waals surface area contributed by atoms with E-state index in [9.17, 15) is 18.0 Å². The number of benzene rings is 1. The second kappa shape index (κ2) is 8.83. The zero-order chi connectivity index (χ0) is 21.2. The molecule has 2 heterocycles. The number of amides is 1. The number of nitrogens with one attached hydrogen (secondary N) is 1. The highest BCUT2D eigenvalue weighted by molar-refractivity contribution is 8.00. The Labute approximate surface area is 177 Å². The van der Waals surface area contributed by atoms with Crippen LogP contribution in [-0.2, 0) is 12.6 Å². The van der Waals surface area contributed by atoms with Gasteiger partial charge >= 0.3 is 6.18 Å². The molecule has 1 aromatic heterocycles. The lowest BCUT2D eigenvalue weighted by atomic mass is 10.0. The van der Waals surface area contributed by atoms with Gasteiger partial charge in [-0.05, 0) is 61.5 Å². The van der Waals surface area contributed by atoms with Crippen molar-refractivity contribution in [3.05, 3.63) is 51.7 Å². The zero-order valence-electron chi connectivity index (χ0n) is 16.1. The molecule has 0 bridgehead atoms. The van der Waals surface area contributed by atoms with Gasteiger partial charge in [0.25, 0.3) is 5.91 Å². The summed E-state index contributed by atoms with van der Waals surface area (Å²) in [6, 6.07) is 5.21. The molecular formula is C20H21ClF3N3OS. The number of alkyl halides is 3. The van der Waals surface area contributed by atoms with Gasteiger partial charge in [0.05, 0.1) is 21.8 Å². The fourth-order valence-corrected chi connectivity index (χ4v) is 4.27. The molecule has 1 amide bonds. The molecular weight excluding hydrogens is 423 g/mol. The van der Waals surface area contributed by atoms with Crippen LogP contribution in [0.5, 0.6) is 0 Å². The summed E-state index contributed by atoms with van der Waals surface area (Å²) in [6.07, 6.45) is -2.30. The summed E-state index contributed by atoms with van der Waals surface area (Å²) >= 11 is 7.91. The molecule has 4 nitrogen and oxygen atoms in total. The number of pyridine rings is 1. The molecule has 0 aliphatic carbocycles. The largest absolute Gasteiger partial charge is 0.416 e. The molecule has 0 atom stereocenters. The van der Waals surface area contributed by atoms with Gasteiger partial charge < -0.3 is 9.62 Å². The van der Waals surface area contributed by atoms with E-state index < -0.39 is 17.6 Å². The van der Waals surface area contributed by atoms with E-state index in [1.165, 1.54) is 0 Å². The third-order valence-electron chi connectivity index (χ3n) is 4.48. The molecule has 1 fully saturated rings. The molecule has 9 heteroatoms. The Morgan fingerprint density at radius 1 is 1.31 bits per heavy atom. The molecule has 29 heavy (non-hydrogen) atoms. The third kappa shape index (κ3) is 5.17. The van der Waals surface area contributed by atoms with Gasteiger partial charge in [0, 0.05) is 18.0 Å². The van der Waals surface area contributed by atoms with Gasteiger partial charge in [-0.15, -0.1) is 0 Å². The number of rotatable bonds is 5. The van der Waals surface area contributed by atoms with Crippen LogP contribution >= 0.6 is 23.5 Å². The lowest BCUT2D eigenvalue weighted by molar-refractivity contribution is -0.137. The summed E-state index contributed by atoms with van der Waals surface area (Å²) in [5.41, 5.74) is 0.512. The lowest BCUT2D eigenvalue weighted by Gasteiger charge is -2.18. The molecule has 2 aromatic rings. The summed E-state index contributed by atoms with van der Waals surface area (Å²) in [4.78, 5) is 17.3. The summed E-state index contributed by atoms with van der Waals surface area (Å²) < 4.78 is 41.7. The van der Waals surface area contributed by atoms with Crippen molar-refractivity contribution in [2.45, 2.75) is 39.3 Å². The second-order valence-corrected chi connectivity index (χ2v) is 8.32. The minimum atomic E-state index is -4.49. The van der Waals surface area contributed by atoms with E-state index in [0.717, 1.165) is 30.9 Å². The quantitative estimate of drug-likeness (QED) is 0.565. The van der Waals surface area contributed by atoms with Gasteiger partial charge in [-0.1, -0.05) is 24.9 Å². The normalized spacial score (nSPS) is 14.3. The highest BCUT2D eigenvalue weighted by Gasteiger charge is 2.31. The van der Waals surface area contributed by atoms with Gasteiger partial charge in [0.1, 0.15) is 5.82 Å². The number of nitrogens with zero attached hydrogens (tertiary/aromatic N) is 2. The van der Waals surface area contributed by atoms with E-state index in [1.54, 1.807) is 31.0 Å². The minimum Gasteiger partial charge on any atom is -0.322 e. The summed E-state index contributed by atoms with van der Waals surface area (Å²) in [7, 11) is 0. The summed E-state index contributed by atoms with van der Waals surface area (Å²) in [5, 5.41) is 2.77. The van der Waals surface area contributed by atoms with Crippen LogP contribution in [0.25, 0.3) is 0 Å². The Balaban J connectivity index is 1.92. The molecule has 0 saturated carbocycles. The number of anilines is 2. The summed E-state index contributed by atoms with van der Waals surface area (Å²) in [6.45, 7) is 4.40. The highest BCUT2D eigenvalue weighted by Crippen LogP contribution is 2.34. The first-order valence-electron chi connectivity index (χ1n) is 9.29. The number of hydrogen-bond donors (Lipinski definition) is 1. The monoisotopic (exact) mass is 443 g/mol. The van der Waals surface area contributed by atoms with Crippen molar-refractivity contribution in [3.63, 3.8) is 0 Å². The van der Waals surface area contributed by atoms with Crippen LogP contribution in [0.1, 0.15) is 46.9 Å². The van der Waals surface area contributed by atoms with Crippen molar-refractivity contribution >= 4 is 41.0 Å². The van der Waals surface area contributed by atoms with Crippen LogP contribution in [0.4, 0.5) is 24.7 Å². The maximum absolute atomic E-state index is 13.2. The first-order valence-corrected chi connectivity index (χ1v) is 10.6. The fourth-order valence-electron chi connectivity index (χ4n) is 3.12. The fraction of sp³-hybridized carbons (Fsp3) is 0.400. The van der Waals surface area contributed by atoms with Gasteiger partial charge in [-0.3, -0.25) is 4.79 Å². The summed E-state index contributed by atoms with van der Waals surface area (Å²) in [5.74, 6) is 1.03. The number of halogens is 4. The van der Waals surface area contributed by atoms with Crippen molar-refractivity contribution in [1.29, 1.82) is 0 Å². The Morgan fingerprint density at radius 2 is 2.07 bits per heavy atom. The van der Waals surface area contributed by atoms with E-state index in [0.29, 0.717) is 29.9 Å². The van der Waals surface area contributed by atoms with Crippen molar-refractivity contribution in [3.8, 4) is 0 Å². The predicted molar refractivity (Wildman–Crippen MR) is 112 cm³/mol. The zero-order valence-corrected chi connectivity index (χ0v) is 17.6. The smallest absolute Gasteiger partial charge is 0.322 e.